The summed E-state index contributed by atoms with van der Waals surface area (Å²) in [4.78, 5) is 22.6. The monoisotopic (exact) mass is 277 g/mol. The van der Waals surface area contributed by atoms with Gasteiger partial charge in [-0.2, -0.15) is 0 Å². The fourth-order valence-corrected chi connectivity index (χ4v) is 1.90. The van der Waals surface area contributed by atoms with Gasteiger partial charge in [0.2, 0.25) is 5.91 Å². The summed E-state index contributed by atoms with van der Waals surface area (Å²) in [6.07, 6.45) is 1.03. The second kappa shape index (κ2) is 6.66. The number of aldehydes is 1. The Morgan fingerprint density at radius 3 is 2.35 bits per heavy atom. The molecule has 0 spiro atoms. The number of hydrogen-bond donors (Lipinski definition) is 2. The zero-order valence-electron chi connectivity index (χ0n) is 12.3. The molecule has 2 N–H and O–H groups in total. The smallest absolute Gasteiger partial charge is 0.225 e. The predicted molar refractivity (Wildman–Crippen MR) is 78.1 cm³/mol. The number of rotatable bonds is 6. The van der Waals surface area contributed by atoms with Crippen LogP contribution < -0.4 is 5.32 Å². The Hall–Kier alpha value is -1.68. The molecule has 0 aliphatic heterocycles. The van der Waals surface area contributed by atoms with Gasteiger partial charge in [-0.3, -0.25) is 4.79 Å². The Balaban J connectivity index is 2.69. The van der Waals surface area contributed by atoms with Crippen LogP contribution in [-0.2, 0) is 15.2 Å². The van der Waals surface area contributed by atoms with Crippen molar-refractivity contribution in [3.63, 3.8) is 0 Å². The van der Waals surface area contributed by atoms with E-state index in [1.807, 2.05) is 39.0 Å². The summed E-state index contributed by atoms with van der Waals surface area (Å²) < 4.78 is 0. The minimum Gasteiger partial charge on any atom is -0.385 e. The molecular formula is C16H23NO3. The number of hydrogen-bond acceptors (Lipinski definition) is 3. The van der Waals surface area contributed by atoms with Crippen molar-refractivity contribution in [1.82, 2.24) is 5.32 Å². The lowest BCUT2D eigenvalue weighted by Crippen LogP contribution is -2.38. The number of benzene rings is 1. The summed E-state index contributed by atoms with van der Waals surface area (Å²) in [6, 6.07) is 9.06. The third-order valence-electron chi connectivity index (χ3n) is 3.24. The number of carbonyl (C=O) groups excluding carboxylic acids is 2. The molecule has 4 nitrogen and oxygen atoms in total. The molecule has 0 saturated heterocycles. The van der Waals surface area contributed by atoms with Crippen LogP contribution >= 0.6 is 0 Å². The molecule has 1 unspecified atom stereocenters. The molecule has 1 aromatic rings. The topological polar surface area (TPSA) is 66.4 Å². The molecule has 20 heavy (non-hydrogen) atoms. The van der Waals surface area contributed by atoms with Gasteiger partial charge >= 0.3 is 0 Å². The molecule has 1 atom stereocenters. The first kappa shape index (κ1) is 16.4. The van der Waals surface area contributed by atoms with Gasteiger partial charge in [0, 0.05) is 18.4 Å². The second-order valence-corrected chi connectivity index (χ2v) is 6.02. The first-order valence-corrected chi connectivity index (χ1v) is 6.79. The average molecular weight is 277 g/mol. The Bertz CT molecular complexity index is 451. The van der Waals surface area contributed by atoms with Crippen molar-refractivity contribution in [3.8, 4) is 0 Å². The van der Waals surface area contributed by atoms with Crippen LogP contribution in [0.5, 0.6) is 0 Å². The third kappa shape index (κ3) is 4.46. The van der Waals surface area contributed by atoms with E-state index < -0.39 is 11.0 Å². The Morgan fingerprint density at radius 1 is 1.25 bits per heavy atom. The zero-order valence-corrected chi connectivity index (χ0v) is 12.3. The van der Waals surface area contributed by atoms with E-state index in [4.69, 9.17) is 0 Å². The molecule has 0 radical (unpaired) electrons. The molecule has 110 valence electrons. The second-order valence-electron chi connectivity index (χ2n) is 6.02. The summed E-state index contributed by atoms with van der Waals surface area (Å²) in [6.45, 7) is 5.82. The predicted octanol–water partition coefficient (Wildman–Crippen LogP) is 2.02. The van der Waals surface area contributed by atoms with Gasteiger partial charge in [0.1, 0.15) is 6.29 Å². The third-order valence-corrected chi connectivity index (χ3v) is 3.24. The van der Waals surface area contributed by atoms with Crippen molar-refractivity contribution in [2.45, 2.75) is 39.2 Å². The maximum atomic E-state index is 11.8. The molecule has 0 aliphatic carbocycles. The fourth-order valence-electron chi connectivity index (χ4n) is 1.90. The zero-order chi connectivity index (χ0) is 15.2. The van der Waals surface area contributed by atoms with Crippen molar-refractivity contribution in [2.75, 3.05) is 6.54 Å². The fraction of sp³-hybridized carbons (Fsp3) is 0.500. The van der Waals surface area contributed by atoms with E-state index in [0.29, 0.717) is 24.8 Å². The first-order chi connectivity index (χ1) is 9.29. The molecule has 0 aromatic heterocycles. The number of nitrogens with one attached hydrogen (secondary N) is 1. The molecule has 0 aliphatic rings. The van der Waals surface area contributed by atoms with Crippen molar-refractivity contribution in [1.29, 1.82) is 0 Å². The van der Waals surface area contributed by atoms with E-state index in [9.17, 15) is 14.7 Å². The van der Waals surface area contributed by atoms with Crippen LogP contribution in [-0.4, -0.2) is 23.8 Å². The van der Waals surface area contributed by atoms with Crippen LogP contribution in [0, 0.1) is 5.41 Å². The standard InChI is InChI=1S/C16H23NO3/c1-15(2,3)14(19)17-11-9-16(20,10-12-18)13-7-5-4-6-8-13/h4-8,12,20H,9-11H2,1-3H3,(H,17,19). The minimum atomic E-state index is -1.23. The largest absolute Gasteiger partial charge is 0.385 e. The summed E-state index contributed by atoms with van der Waals surface area (Å²) in [5.74, 6) is -0.0704. The maximum absolute atomic E-state index is 11.8. The lowest BCUT2D eigenvalue weighted by atomic mass is 9.87. The number of aliphatic hydroxyl groups is 1. The summed E-state index contributed by atoms with van der Waals surface area (Å²) in [5, 5.41) is 13.4. The Labute approximate surface area is 120 Å². The normalized spacial score (nSPS) is 14.4. The van der Waals surface area contributed by atoms with Crippen LogP contribution in [0.3, 0.4) is 0 Å². The molecule has 1 rings (SSSR count). The summed E-state index contributed by atoms with van der Waals surface area (Å²) in [5.41, 5.74) is -0.999. The Kier molecular flexibility index (Phi) is 5.45. The summed E-state index contributed by atoms with van der Waals surface area (Å²) >= 11 is 0. The number of carbonyl (C=O) groups is 2. The van der Waals surface area contributed by atoms with Crippen LogP contribution in [0.1, 0.15) is 39.2 Å². The van der Waals surface area contributed by atoms with Crippen LogP contribution in [0.25, 0.3) is 0 Å². The highest BCUT2D eigenvalue weighted by atomic mass is 16.3. The van der Waals surface area contributed by atoms with E-state index in [0.717, 1.165) is 0 Å². The lowest BCUT2D eigenvalue weighted by molar-refractivity contribution is -0.128. The van der Waals surface area contributed by atoms with E-state index in [-0.39, 0.29) is 12.3 Å². The van der Waals surface area contributed by atoms with Gasteiger partial charge in [-0.1, -0.05) is 51.1 Å². The van der Waals surface area contributed by atoms with Crippen molar-refractivity contribution in [3.05, 3.63) is 35.9 Å². The number of amides is 1. The van der Waals surface area contributed by atoms with Gasteiger partial charge in [0.05, 0.1) is 5.60 Å². The van der Waals surface area contributed by atoms with Crippen molar-refractivity contribution in [2.24, 2.45) is 5.41 Å². The van der Waals surface area contributed by atoms with Crippen molar-refractivity contribution < 1.29 is 14.7 Å². The average Bonchev–Trinajstić information content (AvgIpc) is 2.39. The van der Waals surface area contributed by atoms with Crippen molar-refractivity contribution >= 4 is 12.2 Å². The Morgan fingerprint density at radius 2 is 1.85 bits per heavy atom. The van der Waals surface area contributed by atoms with E-state index in [1.54, 1.807) is 12.1 Å². The molecule has 1 amide bonds. The van der Waals surface area contributed by atoms with Gasteiger partial charge in [-0.25, -0.2) is 0 Å². The minimum absolute atomic E-state index is 0.0163. The quantitative estimate of drug-likeness (QED) is 0.782. The molecule has 4 heteroatoms. The van der Waals surface area contributed by atoms with Gasteiger partial charge in [0.25, 0.3) is 0 Å². The van der Waals surface area contributed by atoms with E-state index in [1.165, 1.54) is 0 Å². The maximum Gasteiger partial charge on any atom is 0.225 e. The van der Waals surface area contributed by atoms with Crippen LogP contribution in [0.15, 0.2) is 30.3 Å². The first-order valence-electron chi connectivity index (χ1n) is 6.79. The van der Waals surface area contributed by atoms with Crippen LogP contribution in [0.2, 0.25) is 0 Å². The molecule has 0 saturated carbocycles. The van der Waals surface area contributed by atoms with E-state index in [2.05, 4.69) is 5.32 Å². The highest BCUT2D eigenvalue weighted by Crippen LogP contribution is 2.27. The molecule has 0 bridgehead atoms. The highest BCUT2D eigenvalue weighted by Gasteiger charge is 2.29. The van der Waals surface area contributed by atoms with Gasteiger partial charge in [-0.15, -0.1) is 0 Å². The van der Waals surface area contributed by atoms with Gasteiger partial charge < -0.3 is 15.2 Å². The van der Waals surface area contributed by atoms with Gasteiger partial charge in [0.15, 0.2) is 0 Å². The van der Waals surface area contributed by atoms with Gasteiger partial charge in [-0.05, 0) is 12.0 Å². The molecule has 0 fully saturated rings. The molecule has 1 aromatic carbocycles. The molecular weight excluding hydrogens is 254 g/mol. The SMILES string of the molecule is CC(C)(C)C(=O)NCCC(O)(CC=O)c1ccccc1. The van der Waals surface area contributed by atoms with E-state index >= 15 is 0 Å². The van der Waals surface area contributed by atoms with Crippen LogP contribution in [0.4, 0.5) is 0 Å². The highest BCUT2D eigenvalue weighted by molar-refractivity contribution is 5.81. The lowest BCUT2D eigenvalue weighted by Gasteiger charge is -2.27. The molecule has 0 heterocycles. The summed E-state index contributed by atoms with van der Waals surface area (Å²) in [7, 11) is 0.